The van der Waals surface area contributed by atoms with Gasteiger partial charge in [0, 0.05) is 68.9 Å². The predicted molar refractivity (Wildman–Crippen MR) is 168 cm³/mol. The number of aliphatic hydroxyl groups excluding tert-OH is 1. The maximum atomic E-state index is 11.5. The number of aromatic nitrogens is 1. The topological polar surface area (TPSA) is 90.3 Å². The van der Waals surface area contributed by atoms with E-state index in [0.717, 1.165) is 60.6 Å². The standard InChI is InChI=1S/C23H28ClN3O.C9H18N2O2/c1-22(2,27(5)15-25-4)23(3,14-28)20-11-17-7-6-10-26-21(17)12-16-8-9-18(24)13-19(16)20;1-9(2,3)13-8(12)11-6-4-10-5-7-11/h6-11,13,15,28H,12,14H2,1-5H3;10H,4-7H2,1-3H3. The van der Waals surface area contributed by atoms with Gasteiger partial charge in [0.05, 0.1) is 18.6 Å². The van der Waals surface area contributed by atoms with Crippen LogP contribution in [0.15, 0.2) is 41.5 Å². The quantitative estimate of drug-likeness (QED) is 0.363. The van der Waals surface area contributed by atoms with E-state index in [1.54, 1.807) is 18.3 Å². The molecule has 1 aliphatic carbocycles. The molecule has 1 amide bonds. The van der Waals surface area contributed by atoms with Crippen LogP contribution in [0.4, 0.5) is 4.79 Å². The summed E-state index contributed by atoms with van der Waals surface area (Å²) in [6.07, 6.45) is 6.33. The third-order valence-corrected chi connectivity index (χ3v) is 8.38. The molecule has 2 aromatic rings. The highest BCUT2D eigenvalue weighted by atomic mass is 35.5. The first-order chi connectivity index (χ1) is 19.2. The van der Waals surface area contributed by atoms with Crippen molar-refractivity contribution in [3.8, 4) is 0 Å². The minimum absolute atomic E-state index is 0.0186. The van der Waals surface area contributed by atoms with Gasteiger partial charge >= 0.3 is 6.09 Å². The molecule has 1 fully saturated rings. The maximum absolute atomic E-state index is 11.5. The van der Waals surface area contributed by atoms with Crippen molar-refractivity contribution in [2.24, 2.45) is 10.4 Å². The Morgan fingerprint density at radius 1 is 1.20 bits per heavy atom. The van der Waals surface area contributed by atoms with Crippen LogP contribution in [0.1, 0.15) is 63.9 Å². The lowest BCUT2D eigenvalue weighted by Crippen LogP contribution is -2.55. The number of rotatable bonds is 5. The van der Waals surface area contributed by atoms with Crippen molar-refractivity contribution in [2.45, 2.75) is 59.1 Å². The van der Waals surface area contributed by atoms with Gasteiger partial charge in [0.2, 0.25) is 0 Å². The molecule has 1 aromatic carbocycles. The molecule has 9 heteroatoms. The predicted octanol–water partition coefficient (Wildman–Crippen LogP) is 5.37. The van der Waals surface area contributed by atoms with E-state index in [9.17, 15) is 9.90 Å². The number of nitrogens with one attached hydrogen (secondary N) is 1. The Morgan fingerprint density at radius 3 is 2.49 bits per heavy atom. The summed E-state index contributed by atoms with van der Waals surface area (Å²) in [5.74, 6) is 0. The van der Waals surface area contributed by atoms with Crippen LogP contribution >= 0.6 is 11.6 Å². The molecule has 1 atom stereocenters. The van der Waals surface area contributed by atoms with Crippen LogP contribution < -0.4 is 5.32 Å². The fourth-order valence-corrected chi connectivity index (χ4v) is 5.21. The zero-order valence-electron chi connectivity index (χ0n) is 25.8. The summed E-state index contributed by atoms with van der Waals surface area (Å²) in [4.78, 5) is 24.1. The molecule has 0 saturated carbocycles. The highest BCUT2D eigenvalue weighted by molar-refractivity contribution is 6.30. The number of fused-ring (bicyclic) bond motifs is 2. The first kappa shape index (κ1) is 32.6. The molecule has 1 unspecified atom stereocenters. The molecule has 0 bridgehead atoms. The van der Waals surface area contributed by atoms with Crippen LogP contribution in [0.5, 0.6) is 0 Å². The number of halogens is 1. The number of carbonyl (C=O) groups excluding carboxylic acids is 1. The lowest BCUT2D eigenvalue weighted by molar-refractivity contribution is 0.0229. The molecule has 41 heavy (non-hydrogen) atoms. The van der Waals surface area contributed by atoms with E-state index in [4.69, 9.17) is 16.3 Å². The van der Waals surface area contributed by atoms with Gasteiger partial charge in [-0.15, -0.1) is 0 Å². The number of piperazine rings is 1. The average molecular weight is 584 g/mol. The fraction of sp³-hybridized carbons (Fsp3) is 0.531. The van der Waals surface area contributed by atoms with E-state index in [1.807, 2.05) is 52.2 Å². The number of pyridine rings is 1. The molecule has 8 nitrogen and oxygen atoms in total. The van der Waals surface area contributed by atoms with Gasteiger partial charge in [0.15, 0.2) is 0 Å². The lowest BCUT2D eigenvalue weighted by atomic mass is 9.65. The van der Waals surface area contributed by atoms with Gasteiger partial charge in [-0.2, -0.15) is 0 Å². The number of amides is 1. The van der Waals surface area contributed by atoms with Crippen molar-refractivity contribution in [1.29, 1.82) is 0 Å². The summed E-state index contributed by atoms with van der Waals surface area (Å²) >= 11 is 6.39. The van der Waals surface area contributed by atoms with E-state index in [0.29, 0.717) is 5.02 Å². The Balaban J connectivity index is 0.000000298. The summed E-state index contributed by atoms with van der Waals surface area (Å²) in [6.45, 7) is 15.2. The minimum atomic E-state index is -0.584. The molecule has 2 heterocycles. The second-order valence-corrected chi connectivity index (χ2v) is 12.8. The molecule has 1 saturated heterocycles. The zero-order valence-corrected chi connectivity index (χ0v) is 26.5. The average Bonchev–Trinajstić information content (AvgIpc) is 3.09. The Bertz CT molecular complexity index is 1260. The second-order valence-electron chi connectivity index (χ2n) is 12.3. The Morgan fingerprint density at radius 2 is 1.88 bits per heavy atom. The van der Waals surface area contributed by atoms with E-state index in [1.165, 1.54) is 0 Å². The molecule has 0 spiro atoms. The molecule has 2 N–H and O–H groups in total. The van der Waals surface area contributed by atoms with Crippen molar-refractivity contribution in [3.63, 3.8) is 0 Å². The summed E-state index contributed by atoms with van der Waals surface area (Å²) in [7, 11) is 3.75. The normalized spacial score (nSPS) is 16.8. The first-order valence-corrected chi connectivity index (χ1v) is 14.5. The molecular weight excluding hydrogens is 538 g/mol. The fourth-order valence-electron chi connectivity index (χ4n) is 5.04. The van der Waals surface area contributed by atoms with Crippen LogP contribution in [-0.4, -0.2) is 90.3 Å². The van der Waals surface area contributed by atoms with Crippen molar-refractivity contribution in [1.82, 2.24) is 20.1 Å². The highest BCUT2D eigenvalue weighted by Gasteiger charge is 2.47. The summed E-state index contributed by atoms with van der Waals surface area (Å²) < 4.78 is 5.24. The number of hydrogen-bond donors (Lipinski definition) is 2. The number of ether oxygens (including phenoxy) is 1. The van der Waals surface area contributed by atoms with Crippen LogP contribution in [0.3, 0.4) is 0 Å². The zero-order chi connectivity index (χ0) is 30.4. The van der Waals surface area contributed by atoms with Gasteiger partial charge in [-0.1, -0.05) is 30.7 Å². The number of aliphatic imine (C=N–C) groups is 1. The van der Waals surface area contributed by atoms with Crippen LogP contribution in [0.2, 0.25) is 5.02 Å². The van der Waals surface area contributed by atoms with Gasteiger partial charge in [0.1, 0.15) is 5.60 Å². The van der Waals surface area contributed by atoms with E-state index < -0.39 is 11.0 Å². The Kier molecular flexibility index (Phi) is 10.6. The summed E-state index contributed by atoms with van der Waals surface area (Å²) in [5.41, 5.74) is 4.00. The Labute approximate surface area is 250 Å². The molecule has 224 valence electrons. The SMILES string of the molecule is CC(C)(C)OC(=O)N1CCNCC1.CN=CN(C)C(C)(C)C(C)(CO)C1=Cc2cccnc2Cc2ccc(Cl)cc21. The largest absolute Gasteiger partial charge is 0.444 e. The monoisotopic (exact) mass is 583 g/mol. The Hall–Kier alpha value is -2.94. The van der Waals surface area contributed by atoms with Crippen molar-refractivity contribution in [3.05, 3.63) is 63.9 Å². The molecular formula is C32H46ClN5O3. The van der Waals surface area contributed by atoms with Crippen LogP contribution in [0.25, 0.3) is 11.6 Å². The molecule has 4 rings (SSSR count). The third-order valence-electron chi connectivity index (χ3n) is 8.15. The van der Waals surface area contributed by atoms with Gasteiger partial charge in [-0.05, 0) is 81.2 Å². The van der Waals surface area contributed by atoms with Crippen molar-refractivity contribution < 1.29 is 14.6 Å². The minimum Gasteiger partial charge on any atom is -0.444 e. The first-order valence-electron chi connectivity index (χ1n) is 14.1. The van der Waals surface area contributed by atoms with Gasteiger partial charge in [-0.3, -0.25) is 9.98 Å². The van der Waals surface area contributed by atoms with Gasteiger partial charge in [0.25, 0.3) is 0 Å². The van der Waals surface area contributed by atoms with E-state index >= 15 is 0 Å². The number of hydrogen-bond acceptors (Lipinski definition) is 6. The number of aliphatic hydroxyl groups is 1. The highest BCUT2D eigenvalue weighted by Crippen LogP contribution is 2.49. The summed E-state index contributed by atoms with van der Waals surface area (Å²) in [5, 5.41) is 14.5. The molecule has 0 radical (unpaired) electrons. The number of nitrogens with zero attached hydrogens (tertiary/aromatic N) is 4. The number of benzene rings is 1. The lowest BCUT2D eigenvalue weighted by Gasteiger charge is -2.50. The van der Waals surface area contributed by atoms with E-state index in [-0.39, 0.29) is 18.3 Å². The van der Waals surface area contributed by atoms with Crippen molar-refractivity contribution >= 4 is 35.7 Å². The smallest absolute Gasteiger partial charge is 0.410 e. The molecule has 1 aromatic heterocycles. The van der Waals surface area contributed by atoms with Crippen molar-refractivity contribution in [2.75, 3.05) is 46.9 Å². The molecule has 1 aliphatic heterocycles. The van der Waals surface area contributed by atoms with Crippen LogP contribution in [0, 0.1) is 5.41 Å². The maximum Gasteiger partial charge on any atom is 0.410 e. The number of carbonyl (C=O) groups is 1. The van der Waals surface area contributed by atoms with Gasteiger partial charge < -0.3 is 25.0 Å². The van der Waals surface area contributed by atoms with E-state index in [2.05, 4.69) is 59.2 Å². The summed E-state index contributed by atoms with van der Waals surface area (Å²) in [6, 6.07) is 10.0. The third kappa shape index (κ3) is 7.67. The molecule has 2 aliphatic rings. The van der Waals surface area contributed by atoms with Crippen LogP contribution in [-0.2, 0) is 11.2 Å². The van der Waals surface area contributed by atoms with Gasteiger partial charge in [-0.25, -0.2) is 4.79 Å². The second kappa shape index (κ2) is 13.4.